The fraction of sp³-hybridized carbons (Fsp3) is 0.727. The molecule has 2 aliphatic rings. The molecule has 0 aliphatic carbocycles. The van der Waals surface area contributed by atoms with E-state index in [2.05, 4.69) is 21.3 Å². The Kier molecular flexibility index (Phi) is 17.1. The first-order chi connectivity index (χ1) is 24.8. The third-order valence-corrected chi connectivity index (χ3v) is 9.09. The number of aliphatic hydroxyl groups excluding tert-OH is 1. The predicted molar refractivity (Wildman–Crippen MR) is 183 cm³/mol. The van der Waals surface area contributed by atoms with Gasteiger partial charge in [-0.1, -0.05) is 27.7 Å². The number of carboxylic acids is 3. The maximum absolute atomic E-state index is 13.5. The molecule has 2 rings (SSSR count). The highest BCUT2D eigenvalue weighted by Crippen LogP contribution is 2.21. The highest BCUT2D eigenvalue weighted by molar-refractivity contribution is 5.98. The average molecular weight is 756 g/mol. The van der Waals surface area contributed by atoms with Crippen molar-refractivity contribution in [1.82, 2.24) is 31.1 Å². The van der Waals surface area contributed by atoms with E-state index in [1.54, 1.807) is 27.7 Å². The van der Waals surface area contributed by atoms with E-state index in [9.17, 15) is 63.6 Å². The van der Waals surface area contributed by atoms with Gasteiger partial charge in [-0.2, -0.15) is 0 Å². The zero-order valence-corrected chi connectivity index (χ0v) is 30.4. The second kappa shape index (κ2) is 20.4. The molecule has 0 unspecified atom stereocenters. The van der Waals surface area contributed by atoms with Gasteiger partial charge in [0.15, 0.2) is 0 Å². The van der Waals surface area contributed by atoms with Crippen molar-refractivity contribution in [2.24, 2.45) is 17.6 Å². The summed E-state index contributed by atoms with van der Waals surface area (Å²) < 4.78 is 0. The lowest BCUT2D eigenvalue weighted by atomic mass is 10.0. The standard InChI is InChI=1S/C33H53N7O13/c1-16(2)13-19(27(46)35-18(9-10-24(42)43)31(50)40-12-6-8-23(40)33(52)53)36-28(47)21(15-41)38-29(48)22-7-5-11-39(22)32(51)20(14-25(44)45)37-30(49)26(34)17(3)4/h16-23,26,41H,5-15,34H2,1-4H3,(H,35,46)(H,36,47)(H,37,49)(H,38,48)(H,42,43)(H,44,45)(H,52,53)/t18-,19-,20-,21-,22-,23-,26-/m0/s1. The summed E-state index contributed by atoms with van der Waals surface area (Å²) in [5.74, 6) is -9.60. The highest BCUT2D eigenvalue weighted by atomic mass is 16.4. The molecule has 0 aromatic rings. The number of nitrogens with two attached hydrogens (primary N) is 1. The first-order valence-corrected chi connectivity index (χ1v) is 17.6. The first kappa shape index (κ1) is 44.3. The van der Waals surface area contributed by atoms with Gasteiger partial charge < -0.3 is 57.2 Å². The number of hydrogen-bond acceptors (Lipinski definition) is 11. The second-order valence-electron chi connectivity index (χ2n) is 14.1. The van der Waals surface area contributed by atoms with E-state index in [1.165, 1.54) is 0 Å². The summed E-state index contributed by atoms with van der Waals surface area (Å²) in [5.41, 5.74) is 5.86. The van der Waals surface area contributed by atoms with Crippen molar-refractivity contribution in [1.29, 1.82) is 0 Å². The van der Waals surface area contributed by atoms with Gasteiger partial charge in [-0.05, 0) is 50.4 Å². The summed E-state index contributed by atoms with van der Waals surface area (Å²) in [5, 5.41) is 47.9. The smallest absolute Gasteiger partial charge is 0.326 e. The van der Waals surface area contributed by atoms with Crippen molar-refractivity contribution in [3.8, 4) is 0 Å². The normalized spacial score (nSPS) is 19.8. The fourth-order valence-electron chi connectivity index (χ4n) is 6.17. The number of aliphatic hydroxyl groups is 1. The second-order valence-corrected chi connectivity index (χ2v) is 14.1. The van der Waals surface area contributed by atoms with Crippen LogP contribution in [0.4, 0.5) is 0 Å². The summed E-state index contributed by atoms with van der Waals surface area (Å²) in [6.45, 7) is 5.96. The van der Waals surface area contributed by atoms with Crippen LogP contribution in [0.25, 0.3) is 0 Å². The van der Waals surface area contributed by atoms with Crippen molar-refractivity contribution in [2.45, 2.75) is 121 Å². The number of nitrogens with one attached hydrogen (secondary N) is 4. The molecule has 10 N–H and O–H groups in total. The summed E-state index contributed by atoms with van der Waals surface area (Å²) >= 11 is 0. The topological polar surface area (TPSA) is 315 Å². The molecule has 0 saturated carbocycles. The Morgan fingerprint density at radius 1 is 0.679 bits per heavy atom. The van der Waals surface area contributed by atoms with Crippen LogP contribution in [0.3, 0.4) is 0 Å². The maximum Gasteiger partial charge on any atom is 0.326 e. The Bertz CT molecular complexity index is 1390. The summed E-state index contributed by atoms with van der Waals surface area (Å²) in [6.07, 6.45) is -0.671. The minimum atomic E-state index is -1.63. The van der Waals surface area contributed by atoms with E-state index >= 15 is 0 Å². The first-order valence-electron chi connectivity index (χ1n) is 17.6. The Hall–Kier alpha value is -4.85. The van der Waals surface area contributed by atoms with Crippen LogP contribution in [0.2, 0.25) is 0 Å². The van der Waals surface area contributed by atoms with E-state index in [1.807, 2.05) is 0 Å². The quantitative estimate of drug-likeness (QED) is 0.0614. The molecule has 0 aromatic heterocycles. The molecule has 2 aliphatic heterocycles. The third kappa shape index (κ3) is 13.0. The lowest BCUT2D eigenvalue weighted by Gasteiger charge is -2.30. The molecule has 0 aromatic carbocycles. The summed E-state index contributed by atoms with van der Waals surface area (Å²) in [4.78, 5) is 116. The van der Waals surface area contributed by atoms with Crippen molar-refractivity contribution >= 4 is 53.4 Å². The van der Waals surface area contributed by atoms with Crippen LogP contribution in [0.15, 0.2) is 0 Å². The molecule has 2 heterocycles. The zero-order valence-electron chi connectivity index (χ0n) is 30.4. The number of hydrogen-bond donors (Lipinski definition) is 9. The Morgan fingerprint density at radius 2 is 1.19 bits per heavy atom. The number of carbonyl (C=O) groups is 9. The van der Waals surface area contributed by atoms with Gasteiger partial charge in [-0.3, -0.25) is 38.4 Å². The fourth-order valence-corrected chi connectivity index (χ4v) is 6.17. The highest BCUT2D eigenvalue weighted by Gasteiger charge is 2.41. The van der Waals surface area contributed by atoms with Gasteiger partial charge in [0.1, 0.15) is 36.3 Å². The third-order valence-electron chi connectivity index (χ3n) is 9.09. The van der Waals surface area contributed by atoms with Crippen LogP contribution in [0, 0.1) is 11.8 Å². The maximum atomic E-state index is 13.5. The van der Waals surface area contributed by atoms with Gasteiger partial charge in [0.25, 0.3) is 0 Å². The molecule has 7 atom stereocenters. The number of rotatable bonds is 20. The lowest BCUT2D eigenvalue weighted by Crippen LogP contribution is -2.60. The number of nitrogens with zero attached hydrogens (tertiary/aromatic N) is 2. The van der Waals surface area contributed by atoms with Gasteiger partial charge in [-0.25, -0.2) is 4.79 Å². The number of aliphatic carboxylic acids is 3. The number of carbonyl (C=O) groups excluding carboxylic acids is 6. The number of carboxylic acid groups (broad SMARTS) is 3. The molecule has 0 radical (unpaired) electrons. The van der Waals surface area contributed by atoms with E-state index in [0.717, 1.165) is 9.80 Å². The van der Waals surface area contributed by atoms with Crippen LogP contribution in [0.5, 0.6) is 0 Å². The van der Waals surface area contributed by atoms with Crippen LogP contribution in [-0.4, -0.2) is 146 Å². The van der Waals surface area contributed by atoms with Crippen molar-refractivity contribution in [3.05, 3.63) is 0 Å². The Labute approximate surface area is 306 Å². The van der Waals surface area contributed by atoms with Gasteiger partial charge in [0.2, 0.25) is 35.4 Å². The van der Waals surface area contributed by atoms with Gasteiger partial charge >= 0.3 is 17.9 Å². The SMILES string of the molecule is CC(C)C[C@H](NC(=O)[C@H](CO)NC(=O)[C@@H]1CCCN1C(=O)[C@H](CC(=O)O)NC(=O)[C@@H](N)C(C)C)C(=O)N[C@@H](CCC(=O)O)C(=O)N1CCC[C@H]1C(=O)O. The van der Waals surface area contributed by atoms with Crippen LogP contribution in [-0.2, 0) is 43.2 Å². The molecule has 20 heteroatoms. The summed E-state index contributed by atoms with van der Waals surface area (Å²) in [7, 11) is 0. The molecule has 2 saturated heterocycles. The van der Waals surface area contributed by atoms with Gasteiger partial charge in [0.05, 0.1) is 19.1 Å². The van der Waals surface area contributed by atoms with Crippen molar-refractivity contribution in [2.75, 3.05) is 19.7 Å². The van der Waals surface area contributed by atoms with E-state index in [0.29, 0.717) is 12.8 Å². The number of amides is 6. The Balaban J connectivity index is 2.21. The van der Waals surface area contributed by atoms with Crippen LogP contribution >= 0.6 is 0 Å². The van der Waals surface area contributed by atoms with E-state index in [4.69, 9.17) is 5.73 Å². The predicted octanol–water partition coefficient (Wildman–Crippen LogP) is -2.65. The molecule has 298 valence electrons. The molecule has 6 amide bonds. The van der Waals surface area contributed by atoms with Crippen molar-refractivity contribution in [3.63, 3.8) is 0 Å². The van der Waals surface area contributed by atoms with E-state index < -0.39 is 115 Å². The average Bonchev–Trinajstić information content (AvgIpc) is 3.77. The molecule has 53 heavy (non-hydrogen) atoms. The summed E-state index contributed by atoms with van der Waals surface area (Å²) in [6, 6.07) is -9.34. The van der Waals surface area contributed by atoms with E-state index in [-0.39, 0.29) is 50.6 Å². The molecule has 0 bridgehead atoms. The van der Waals surface area contributed by atoms with Crippen LogP contribution in [0.1, 0.15) is 79.1 Å². The minimum absolute atomic E-state index is 0.00698. The van der Waals surface area contributed by atoms with Gasteiger partial charge in [-0.15, -0.1) is 0 Å². The van der Waals surface area contributed by atoms with Gasteiger partial charge in [0, 0.05) is 19.5 Å². The molecular formula is C33H53N7O13. The molecular weight excluding hydrogens is 702 g/mol. The van der Waals surface area contributed by atoms with Crippen molar-refractivity contribution < 1.29 is 63.6 Å². The molecule has 20 nitrogen and oxygen atoms in total. The molecule has 0 spiro atoms. The Morgan fingerprint density at radius 3 is 1.70 bits per heavy atom. The number of likely N-dealkylation sites (tertiary alicyclic amines) is 2. The van der Waals surface area contributed by atoms with Crippen LogP contribution < -0.4 is 27.0 Å². The zero-order chi connectivity index (χ0) is 40.2. The minimum Gasteiger partial charge on any atom is -0.481 e. The monoisotopic (exact) mass is 755 g/mol. The largest absolute Gasteiger partial charge is 0.481 e. The lowest BCUT2D eigenvalue weighted by molar-refractivity contribution is -0.150. The molecule has 2 fully saturated rings.